The third-order valence-corrected chi connectivity index (χ3v) is 1.44. The minimum Gasteiger partial charge on any atom is -0.394 e. The molecule has 0 atom stereocenters. The fourth-order valence-electron chi connectivity index (χ4n) is 0.855. The van der Waals surface area contributed by atoms with Crippen molar-refractivity contribution in [3.05, 3.63) is 28.2 Å². The average Bonchev–Trinajstić information content (AvgIpc) is 2.09. The van der Waals surface area contributed by atoms with Crippen LogP contribution in [0.4, 0.5) is 0 Å². The van der Waals surface area contributed by atoms with Crippen LogP contribution in [-0.4, -0.2) is 21.5 Å². The molecule has 0 spiro atoms. The summed E-state index contributed by atoms with van der Waals surface area (Å²) >= 11 is 0. The van der Waals surface area contributed by atoms with Crippen molar-refractivity contribution in [2.45, 2.75) is 13.1 Å². The second-order valence-electron chi connectivity index (χ2n) is 2.31. The maximum Gasteiger partial charge on any atom is 0.266 e. The Morgan fingerprint density at radius 2 is 2.33 bits per heavy atom. The molecule has 0 bridgehead atoms. The molecule has 12 heavy (non-hydrogen) atoms. The van der Waals surface area contributed by atoms with Crippen LogP contribution in [0.15, 0.2) is 16.9 Å². The van der Waals surface area contributed by atoms with Gasteiger partial charge in [-0.05, 0) is 6.07 Å². The lowest BCUT2D eigenvalue weighted by molar-refractivity contribution is 0.265. The molecular weight excluding hydrogens is 158 g/mol. The minimum atomic E-state index is -0.221. The monoisotopic (exact) mass is 169 g/mol. The Morgan fingerprint density at radius 3 is 2.92 bits per heavy atom. The van der Waals surface area contributed by atoms with E-state index in [1.807, 2.05) is 0 Å². The van der Waals surface area contributed by atoms with Gasteiger partial charge in [-0.2, -0.15) is 5.10 Å². The molecule has 66 valence electrons. The Balaban J connectivity index is 3.00. The van der Waals surface area contributed by atoms with Gasteiger partial charge in [0.1, 0.15) is 0 Å². The highest BCUT2D eigenvalue weighted by molar-refractivity contribution is 4.99. The highest BCUT2D eigenvalue weighted by Gasteiger charge is 1.97. The smallest absolute Gasteiger partial charge is 0.266 e. The summed E-state index contributed by atoms with van der Waals surface area (Å²) < 4.78 is 1.20. The molecule has 0 aliphatic rings. The summed E-state index contributed by atoms with van der Waals surface area (Å²) in [5.41, 5.74) is 5.75. The van der Waals surface area contributed by atoms with Gasteiger partial charge in [-0.1, -0.05) is 0 Å². The SMILES string of the molecule is NCc1ccc(=O)n(CCO)n1. The van der Waals surface area contributed by atoms with E-state index in [-0.39, 0.29) is 18.7 Å². The van der Waals surface area contributed by atoms with E-state index in [0.29, 0.717) is 12.2 Å². The fourth-order valence-corrected chi connectivity index (χ4v) is 0.855. The van der Waals surface area contributed by atoms with Crippen LogP contribution in [0.25, 0.3) is 0 Å². The quantitative estimate of drug-likeness (QED) is 0.589. The van der Waals surface area contributed by atoms with E-state index < -0.39 is 0 Å². The van der Waals surface area contributed by atoms with E-state index in [4.69, 9.17) is 10.8 Å². The lowest BCUT2D eigenvalue weighted by Crippen LogP contribution is -2.25. The van der Waals surface area contributed by atoms with Gasteiger partial charge < -0.3 is 10.8 Å². The van der Waals surface area contributed by atoms with Gasteiger partial charge in [0, 0.05) is 12.6 Å². The zero-order chi connectivity index (χ0) is 8.97. The van der Waals surface area contributed by atoms with Gasteiger partial charge in [-0.25, -0.2) is 4.68 Å². The molecule has 0 saturated carbocycles. The topological polar surface area (TPSA) is 81.1 Å². The number of hydrogen-bond acceptors (Lipinski definition) is 4. The van der Waals surface area contributed by atoms with Crippen LogP contribution >= 0.6 is 0 Å². The zero-order valence-corrected chi connectivity index (χ0v) is 6.60. The third-order valence-electron chi connectivity index (χ3n) is 1.44. The van der Waals surface area contributed by atoms with Crippen LogP contribution in [0, 0.1) is 0 Å². The summed E-state index contributed by atoms with van der Waals surface area (Å²) in [6, 6.07) is 2.97. The van der Waals surface area contributed by atoms with Crippen molar-refractivity contribution in [2.75, 3.05) is 6.61 Å². The lowest BCUT2D eigenvalue weighted by Gasteiger charge is -2.02. The van der Waals surface area contributed by atoms with Crippen molar-refractivity contribution < 1.29 is 5.11 Å². The van der Waals surface area contributed by atoms with Gasteiger partial charge in [0.25, 0.3) is 5.56 Å². The lowest BCUT2D eigenvalue weighted by atomic mass is 10.4. The Labute approximate surface area is 69.4 Å². The molecule has 0 amide bonds. The standard InChI is InChI=1S/C7H11N3O2/c8-5-6-1-2-7(12)10(9-6)3-4-11/h1-2,11H,3-5,8H2. The van der Waals surface area contributed by atoms with Crippen LogP contribution in [0.3, 0.4) is 0 Å². The van der Waals surface area contributed by atoms with Crippen LogP contribution in [-0.2, 0) is 13.1 Å². The molecule has 0 aliphatic heterocycles. The van der Waals surface area contributed by atoms with E-state index in [1.165, 1.54) is 10.7 Å². The van der Waals surface area contributed by atoms with Crippen molar-refractivity contribution >= 4 is 0 Å². The molecule has 1 heterocycles. The number of nitrogens with zero attached hydrogens (tertiary/aromatic N) is 2. The molecular formula is C7H11N3O2. The molecule has 0 unspecified atom stereocenters. The van der Waals surface area contributed by atoms with Gasteiger partial charge in [0.2, 0.25) is 0 Å². The Morgan fingerprint density at radius 1 is 1.58 bits per heavy atom. The maximum absolute atomic E-state index is 11.0. The Kier molecular flexibility index (Phi) is 2.95. The molecule has 3 N–H and O–H groups in total. The number of aliphatic hydroxyl groups is 1. The predicted octanol–water partition coefficient (Wildman–Crippen LogP) is -1.31. The second kappa shape index (κ2) is 3.99. The largest absolute Gasteiger partial charge is 0.394 e. The first-order valence-corrected chi connectivity index (χ1v) is 3.66. The first kappa shape index (κ1) is 8.89. The molecule has 0 radical (unpaired) electrons. The van der Waals surface area contributed by atoms with Crippen LogP contribution in [0.1, 0.15) is 5.69 Å². The third kappa shape index (κ3) is 1.90. The fraction of sp³-hybridized carbons (Fsp3) is 0.429. The summed E-state index contributed by atoms with van der Waals surface area (Å²) in [5, 5.41) is 12.5. The predicted molar refractivity (Wildman–Crippen MR) is 43.5 cm³/mol. The molecule has 5 heteroatoms. The van der Waals surface area contributed by atoms with Crippen molar-refractivity contribution in [1.82, 2.24) is 9.78 Å². The van der Waals surface area contributed by atoms with E-state index in [9.17, 15) is 4.79 Å². The van der Waals surface area contributed by atoms with Gasteiger partial charge >= 0.3 is 0 Å². The zero-order valence-electron chi connectivity index (χ0n) is 6.60. The average molecular weight is 169 g/mol. The first-order chi connectivity index (χ1) is 5.77. The number of rotatable bonds is 3. The summed E-state index contributed by atoms with van der Waals surface area (Å²) in [6.45, 7) is 0.416. The summed E-state index contributed by atoms with van der Waals surface area (Å²) in [7, 11) is 0. The minimum absolute atomic E-state index is 0.0963. The molecule has 0 saturated heterocycles. The van der Waals surface area contributed by atoms with Crippen molar-refractivity contribution in [3.63, 3.8) is 0 Å². The summed E-state index contributed by atoms with van der Waals surface area (Å²) in [4.78, 5) is 11.0. The molecule has 1 aromatic heterocycles. The Hall–Kier alpha value is -1.20. The number of aliphatic hydroxyl groups excluding tert-OH is 1. The van der Waals surface area contributed by atoms with Crippen LogP contribution in [0.2, 0.25) is 0 Å². The van der Waals surface area contributed by atoms with Gasteiger partial charge in [-0.15, -0.1) is 0 Å². The molecule has 0 fully saturated rings. The van der Waals surface area contributed by atoms with Gasteiger partial charge in [-0.3, -0.25) is 4.79 Å². The number of hydrogen-bond donors (Lipinski definition) is 2. The van der Waals surface area contributed by atoms with Crippen molar-refractivity contribution in [1.29, 1.82) is 0 Å². The van der Waals surface area contributed by atoms with Gasteiger partial charge in [0.15, 0.2) is 0 Å². The van der Waals surface area contributed by atoms with E-state index in [2.05, 4.69) is 5.10 Å². The number of nitrogens with two attached hydrogens (primary N) is 1. The van der Waals surface area contributed by atoms with Crippen molar-refractivity contribution in [2.24, 2.45) is 5.73 Å². The number of aromatic nitrogens is 2. The molecule has 0 aromatic carbocycles. The summed E-state index contributed by atoms with van der Waals surface area (Å²) in [5.74, 6) is 0. The van der Waals surface area contributed by atoms with E-state index in [1.54, 1.807) is 6.07 Å². The van der Waals surface area contributed by atoms with E-state index >= 15 is 0 Å². The van der Waals surface area contributed by atoms with Crippen LogP contribution in [0.5, 0.6) is 0 Å². The molecule has 0 aliphatic carbocycles. The molecule has 1 aromatic rings. The van der Waals surface area contributed by atoms with Crippen LogP contribution < -0.4 is 11.3 Å². The second-order valence-corrected chi connectivity index (χ2v) is 2.31. The van der Waals surface area contributed by atoms with Crippen molar-refractivity contribution in [3.8, 4) is 0 Å². The first-order valence-electron chi connectivity index (χ1n) is 3.66. The van der Waals surface area contributed by atoms with Gasteiger partial charge in [0.05, 0.1) is 18.8 Å². The summed E-state index contributed by atoms with van der Waals surface area (Å²) in [6.07, 6.45) is 0. The highest BCUT2D eigenvalue weighted by atomic mass is 16.3. The normalized spacial score (nSPS) is 10.2. The van der Waals surface area contributed by atoms with E-state index in [0.717, 1.165) is 0 Å². The molecule has 5 nitrogen and oxygen atoms in total. The molecule has 1 rings (SSSR count). The highest BCUT2D eigenvalue weighted by Crippen LogP contribution is 1.86. The Bertz CT molecular complexity index is 308. The maximum atomic E-state index is 11.0.